The Hall–Kier alpha value is -1.35. The van der Waals surface area contributed by atoms with Crippen molar-refractivity contribution >= 4 is 11.6 Å². The van der Waals surface area contributed by atoms with Crippen LogP contribution in [0.25, 0.3) is 0 Å². The molecule has 1 heterocycles. The fourth-order valence-electron chi connectivity index (χ4n) is 3.19. The molecule has 0 aromatic heterocycles. The Morgan fingerprint density at radius 3 is 2.48 bits per heavy atom. The van der Waals surface area contributed by atoms with Crippen molar-refractivity contribution in [1.82, 2.24) is 5.32 Å². The topological polar surface area (TPSA) is 32.3 Å². The largest absolute Gasteiger partial charge is 0.392 e. The Kier molecular flexibility index (Phi) is 4.59. The minimum absolute atomic E-state index is 0.242. The number of rotatable bonds is 4. The van der Waals surface area contributed by atoms with Gasteiger partial charge in [0.1, 0.15) is 0 Å². The summed E-state index contributed by atoms with van der Waals surface area (Å²) in [4.78, 5) is 0. The molecule has 0 radical (unpaired) electrons. The average Bonchev–Trinajstić information content (AvgIpc) is 2.98. The van der Waals surface area contributed by atoms with Gasteiger partial charge < -0.3 is 10.4 Å². The van der Waals surface area contributed by atoms with Gasteiger partial charge in [0.2, 0.25) is 0 Å². The second-order valence-electron chi connectivity index (χ2n) is 5.74. The van der Waals surface area contributed by atoms with Crippen molar-refractivity contribution in [3.8, 4) is 0 Å². The summed E-state index contributed by atoms with van der Waals surface area (Å²) in [6.07, 6.45) is 0.375. The lowest BCUT2D eigenvalue weighted by Crippen LogP contribution is -2.28. The molecule has 21 heavy (non-hydrogen) atoms. The molecule has 2 aromatic rings. The van der Waals surface area contributed by atoms with Gasteiger partial charge in [-0.3, -0.25) is 0 Å². The maximum absolute atomic E-state index is 10.6. The van der Waals surface area contributed by atoms with Crippen LogP contribution in [0, 0.1) is 5.92 Å². The monoisotopic (exact) mass is 301 g/mol. The molecular weight excluding hydrogens is 282 g/mol. The molecule has 0 spiro atoms. The number of aliphatic hydroxyl groups is 1. The van der Waals surface area contributed by atoms with E-state index in [1.807, 2.05) is 30.3 Å². The summed E-state index contributed by atoms with van der Waals surface area (Å²) in [6, 6.07) is 18.2. The molecule has 3 rings (SSSR count). The number of halogens is 1. The molecule has 3 heteroatoms. The molecular formula is C18H20ClNO. The fourth-order valence-corrected chi connectivity index (χ4v) is 3.31. The number of benzene rings is 2. The van der Waals surface area contributed by atoms with Gasteiger partial charge in [-0.15, -0.1) is 0 Å². The molecule has 3 atom stereocenters. The van der Waals surface area contributed by atoms with Crippen molar-refractivity contribution in [2.45, 2.75) is 18.4 Å². The van der Waals surface area contributed by atoms with Gasteiger partial charge in [-0.1, -0.05) is 54.1 Å². The Morgan fingerprint density at radius 1 is 1.05 bits per heavy atom. The van der Waals surface area contributed by atoms with Crippen molar-refractivity contribution in [2.24, 2.45) is 5.92 Å². The molecule has 1 fully saturated rings. The van der Waals surface area contributed by atoms with Crippen LogP contribution in [0.2, 0.25) is 5.02 Å². The minimum atomic E-state index is -0.330. The van der Waals surface area contributed by atoms with Gasteiger partial charge in [0.05, 0.1) is 6.10 Å². The summed E-state index contributed by atoms with van der Waals surface area (Å²) in [5.41, 5.74) is 2.44. The summed E-state index contributed by atoms with van der Waals surface area (Å²) >= 11 is 5.96. The first-order valence-corrected chi connectivity index (χ1v) is 7.80. The zero-order chi connectivity index (χ0) is 14.7. The van der Waals surface area contributed by atoms with Crippen LogP contribution in [0.4, 0.5) is 0 Å². The molecule has 0 bridgehead atoms. The molecule has 1 aliphatic heterocycles. The van der Waals surface area contributed by atoms with Gasteiger partial charge in [0.25, 0.3) is 0 Å². The van der Waals surface area contributed by atoms with Crippen molar-refractivity contribution < 1.29 is 5.11 Å². The number of aliphatic hydroxyl groups excluding tert-OH is 1. The van der Waals surface area contributed by atoms with Crippen molar-refractivity contribution in [2.75, 3.05) is 13.1 Å². The van der Waals surface area contributed by atoms with Crippen molar-refractivity contribution in [3.05, 3.63) is 70.7 Å². The third-order valence-corrected chi connectivity index (χ3v) is 4.59. The predicted octanol–water partition coefficient (Wildman–Crippen LogP) is 3.25. The van der Waals surface area contributed by atoms with Crippen LogP contribution >= 0.6 is 11.6 Å². The smallest absolute Gasteiger partial charge is 0.0627 e. The number of nitrogens with one attached hydrogen (secondary N) is 1. The van der Waals surface area contributed by atoms with Crippen LogP contribution in [-0.2, 0) is 6.42 Å². The summed E-state index contributed by atoms with van der Waals surface area (Å²) in [6.45, 7) is 1.78. The Morgan fingerprint density at radius 2 is 1.76 bits per heavy atom. The van der Waals surface area contributed by atoms with E-state index in [0.717, 1.165) is 18.1 Å². The van der Waals surface area contributed by atoms with Crippen LogP contribution in [0.15, 0.2) is 54.6 Å². The average molecular weight is 302 g/mol. The van der Waals surface area contributed by atoms with E-state index in [2.05, 4.69) is 29.6 Å². The molecule has 2 aromatic carbocycles. The normalized spacial score (nSPS) is 23.1. The minimum Gasteiger partial charge on any atom is -0.392 e. The maximum Gasteiger partial charge on any atom is 0.0627 e. The fraction of sp³-hybridized carbons (Fsp3) is 0.333. The van der Waals surface area contributed by atoms with Gasteiger partial charge in [-0.2, -0.15) is 0 Å². The first kappa shape index (κ1) is 14.6. The summed E-state index contributed by atoms with van der Waals surface area (Å²) < 4.78 is 0. The van der Waals surface area contributed by atoms with E-state index in [-0.39, 0.29) is 12.0 Å². The molecule has 0 amide bonds. The second-order valence-corrected chi connectivity index (χ2v) is 6.17. The molecule has 3 unspecified atom stereocenters. The van der Waals surface area contributed by atoms with E-state index in [1.54, 1.807) is 0 Å². The SMILES string of the molecule is OC(Cc1ccccc1)C1CNCC1c1ccc(Cl)cc1. The molecule has 1 aliphatic rings. The highest BCUT2D eigenvalue weighted by molar-refractivity contribution is 6.30. The van der Waals surface area contributed by atoms with E-state index in [0.29, 0.717) is 12.3 Å². The second kappa shape index (κ2) is 6.61. The zero-order valence-corrected chi connectivity index (χ0v) is 12.6. The summed E-state index contributed by atoms with van der Waals surface area (Å²) in [5.74, 6) is 0.590. The Bertz CT molecular complexity index is 570. The Labute approximate surface area is 130 Å². The molecule has 0 saturated carbocycles. The van der Waals surface area contributed by atoms with Crippen LogP contribution in [0.1, 0.15) is 17.0 Å². The highest BCUT2D eigenvalue weighted by Crippen LogP contribution is 2.32. The van der Waals surface area contributed by atoms with E-state index >= 15 is 0 Å². The zero-order valence-electron chi connectivity index (χ0n) is 11.9. The third-order valence-electron chi connectivity index (χ3n) is 4.34. The molecule has 0 aliphatic carbocycles. The van der Waals surface area contributed by atoms with Crippen LogP contribution in [0.5, 0.6) is 0 Å². The van der Waals surface area contributed by atoms with Gasteiger partial charge in [-0.05, 0) is 29.7 Å². The molecule has 1 saturated heterocycles. The third kappa shape index (κ3) is 3.46. The van der Waals surface area contributed by atoms with Gasteiger partial charge in [-0.25, -0.2) is 0 Å². The summed E-state index contributed by atoms with van der Waals surface area (Å²) in [7, 11) is 0. The number of hydrogen-bond acceptors (Lipinski definition) is 2. The highest BCUT2D eigenvalue weighted by Gasteiger charge is 2.33. The van der Waals surface area contributed by atoms with Gasteiger partial charge in [0, 0.05) is 29.9 Å². The standard InChI is InChI=1S/C18H20ClNO/c19-15-8-6-14(7-9-15)16-11-20-12-17(16)18(21)10-13-4-2-1-3-5-13/h1-9,16-18,20-21H,10-12H2. The van der Waals surface area contributed by atoms with Gasteiger partial charge in [0.15, 0.2) is 0 Å². The van der Waals surface area contributed by atoms with Crippen molar-refractivity contribution in [1.29, 1.82) is 0 Å². The van der Waals surface area contributed by atoms with Gasteiger partial charge >= 0.3 is 0 Å². The van der Waals surface area contributed by atoms with Crippen LogP contribution in [0.3, 0.4) is 0 Å². The van der Waals surface area contributed by atoms with E-state index in [9.17, 15) is 5.11 Å². The lowest BCUT2D eigenvalue weighted by molar-refractivity contribution is 0.109. The quantitative estimate of drug-likeness (QED) is 0.908. The first-order chi connectivity index (χ1) is 10.2. The van der Waals surface area contributed by atoms with Crippen molar-refractivity contribution in [3.63, 3.8) is 0 Å². The number of hydrogen-bond donors (Lipinski definition) is 2. The van der Waals surface area contributed by atoms with Crippen LogP contribution in [-0.4, -0.2) is 24.3 Å². The lowest BCUT2D eigenvalue weighted by atomic mass is 9.83. The van der Waals surface area contributed by atoms with E-state index in [4.69, 9.17) is 11.6 Å². The Balaban J connectivity index is 1.72. The van der Waals surface area contributed by atoms with Crippen LogP contribution < -0.4 is 5.32 Å². The molecule has 110 valence electrons. The van der Waals surface area contributed by atoms with E-state index in [1.165, 1.54) is 11.1 Å². The summed E-state index contributed by atoms with van der Waals surface area (Å²) in [5, 5.41) is 14.8. The first-order valence-electron chi connectivity index (χ1n) is 7.42. The maximum atomic E-state index is 10.6. The molecule has 2 N–H and O–H groups in total. The lowest BCUT2D eigenvalue weighted by Gasteiger charge is -2.24. The van der Waals surface area contributed by atoms with E-state index < -0.39 is 0 Å². The highest BCUT2D eigenvalue weighted by atomic mass is 35.5. The molecule has 2 nitrogen and oxygen atoms in total. The predicted molar refractivity (Wildman–Crippen MR) is 86.7 cm³/mol.